The van der Waals surface area contributed by atoms with Crippen LogP contribution in [0.1, 0.15) is 46.5 Å². The molecule has 2 saturated carbocycles. The number of carbonyl (C=O) groups excluding carboxylic acids is 4. The van der Waals surface area contributed by atoms with Gasteiger partial charge < -0.3 is 29.7 Å². The number of hydrogen-bond acceptors (Lipinski definition) is 10. The molecule has 6 rings (SSSR count). The molecule has 1 aromatic heterocycles. The molecule has 3 fully saturated rings. The number of ether oxygens (including phenoxy) is 3. The van der Waals surface area contributed by atoms with E-state index in [1.807, 2.05) is 30.3 Å². The molecule has 3 N–H and O–H groups in total. The number of halogens is 1. The number of carbonyl (C=O) groups is 4. The van der Waals surface area contributed by atoms with Crippen LogP contribution in [0.4, 0.5) is 9.18 Å². The highest BCUT2D eigenvalue weighted by molar-refractivity contribution is 7.91. The van der Waals surface area contributed by atoms with Gasteiger partial charge in [-0.1, -0.05) is 57.2 Å². The summed E-state index contributed by atoms with van der Waals surface area (Å²) in [6.07, 6.45) is 0.642. The molecule has 14 nitrogen and oxygen atoms in total. The number of benzene rings is 2. The molecule has 5 atom stereocenters. The van der Waals surface area contributed by atoms with Crippen LogP contribution in [-0.4, -0.2) is 98.0 Å². The van der Waals surface area contributed by atoms with Gasteiger partial charge in [-0.05, 0) is 36.8 Å². The molecule has 2 heterocycles. The Kier molecular flexibility index (Phi) is 11.1. The first kappa shape index (κ1) is 39.4. The zero-order chi connectivity index (χ0) is 39.7. The molecule has 2 aliphatic carbocycles. The lowest BCUT2D eigenvalue weighted by atomic mass is 9.85. The second-order valence-electron chi connectivity index (χ2n) is 15.2. The normalized spacial score (nSPS) is 22.6. The molecule has 16 heteroatoms. The molecule has 2 unspecified atom stereocenters. The lowest BCUT2D eigenvalue weighted by Gasteiger charge is -2.35. The highest BCUT2D eigenvalue weighted by atomic mass is 32.2. The summed E-state index contributed by atoms with van der Waals surface area (Å²) in [6.45, 7) is 7.37. The largest absolute Gasteiger partial charge is 0.497 e. The van der Waals surface area contributed by atoms with Gasteiger partial charge in [0, 0.05) is 35.4 Å². The highest BCUT2D eigenvalue weighted by Crippen LogP contribution is 2.46. The first-order valence-electron chi connectivity index (χ1n) is 18.1. The average molecular weight is 780 g/mol. The third-order valence-corrected chi connectivity index (χ3v) is 11.9. The number of fused-ring (bicyclic) bond motifs is 1. The smallest absolute Gasteiger partial charge is 0.407 e. The van der Waals surface area contributed by atoms with E-state index in [4.69, 9.17) is 19.2 Å². The zero-order valence-corrected chi connectivity index (χ0v) is 32.0. The highest BCUT2D eigenvalue weighted by Gasteiger charge is 2.62. The Morgan fingerprint density at radius 2 is 1.84 bits per heavy atom. The van der Waals surface area contributed by atoms with Crippen molar-refractivity contribution in [3.63, 3.8) is 0 Å². The van der Waals surface area contributed by atoms with E-state index in [9.17, 15) is 32.0 Å². The molecule has 1 saturated heterocycles. The van der Waals surface area contributed by atoms with E-state index in [1.165, 1.54) is 11.0 Å². The van der Waals surface area contributed by atoms with Crippen LogP contribution in [0.3, 0.4) is 0 Å². The summed E-state index contributed by atoms with van der Waals surface area (Å²) in [6, 6.07) is 14.1. The number of alkyl halides is 1. The van der Waals surface area contributed by atoms with Gasteiger partial charge in [-0.25, -0.2) is 22.6 Å². The van der Waals surface area contributed by atoms with Crippen LogP contribution in [0.5, 0.6) is 11.5 Å². The number of nitrogens with zero attached hydrogens (tertiary/aromatic N) is 2. The van der Waals surface area contributed by atoms with E-state index >= 15 is 0 Å². The van der Waals surface area contributed by atoms with Crippen LogP contribution >= 0.6 is 0 Å². The van der Waals surface area contributed by atoms with Gasteiger partial charge in [0.2, 0.25) is 21.8 Å². The maximum Gasteiger partial charge on any atom is 0.407 e. The molecular formula is C39H46FN5O9S. The van der Waals surface area contributed by atoms with E-state index in [0.717, 1.165) is 5.56 Å². The van der Waals surface area contributed by atoms with Crippen molar-refractivity contribution in [3.8, 4) is 22.8 Å². The van der Waals surface area contributed by atoms with Crippen molar-refractivity contribution in [1.82, 2.24) is 25.2 Å². The van der Waals surface area contributed by atoms with Crippen molar-refractivity contribution >= 4 is 44.7 Å². The van der Waals surface area contributed by atoms with Gasteiger partial charge in [-0.2, -0.15) is 0 Å². The van der Waals surface area contributed by atoms with Gasteiger partial charge in [0.05, 0.1) is 30.1 Å². The Labute approximate surface area is 319 Å². The Bertz CT molecular complexity index is 2090. The standard InChI is InChI=1S/C39H46FN5O9S/c1-6-24-21-39(24,36(48)44-55(50,51)27-13-14-27)43-34(46)31-19-26(22-45(31)35(47)33(38(2,3)4)42-37(49)53-17-16-40)54-32-20-29(23-10-8-7-9-11-23)41-30-18-25(52-5)12-15-28(30)32/h6-12,15,18,20,24,26-27,31,33H,1,13-14,16-17,19,21-22H2,2-5H3,(H,42,49)(H,43,46)(H,44,48)/t24-,26?,31?,33-,39-/m1/s1. The van der Waals surface area contributed by atoms with Gasteiger partial charge in [-0.15, -0.1) is 6.58 Å². The van der Waals surface area contributed by atoms with Crippen molar-refractivity contribution in [3.05, 3.63) is 67.3 Å². The van der Waals surface area contributed by atoms with Gasteiger partial charge in [0.25, 0.3) is 5.91 Å². The minimum absolute atomic E-state index is 0.0296. The summed E-state index contributed by atoms with van der Waals surface area (Å²) in [5, 5.41) is 5.28. The summed E-state index contributed by atoms with van der Waals surface area (Å²) < 4.78 is 57.4. The van der Waals surface area contributed by atoms with Gasteiger partial charge in [0.15, 0.2) is 0 Å². The van der Waals surface area contributed by atoms with Crippen molar-refractivity contribution in [2.24, 2.45) is 11.3 Å². The van der Waals surface area contributed by atoms with E-state index in [0.29, 0.717) is 40.9 Å². The number of pyridine rings is 1. The fraction of sp³-hybridized carbons (Fsp3) is 0.462. The summed E-state index contributed by atoms with van der Waals surface area (Å²) >= 11 is 0. The summed E-state index contributed by atoms with van der Waals surface area (Å²) in [7, 11) is -2.38. The summed E-state index contributed by atoms with van der Waals surface area (Å²) in [5.74, 6) is -1.79. The fourth-order valence-corrected chi connectivity index (χ4v) is 8.20. The lowest BCUT2D eigenvalue weighted by molar-refractivity contribution is -0.142. The molecular weight excluding hydrogens is 734 g/mol. The average Bonchev–Trinajstić information content (AvgIpc) is 4.09. The third kappa shape index (κ3) is 8.53. The molecule has 2 aromatic carbocycles. The second kappa shape index (κ2) is 15.5. The number of nitrogens with one attached hydrogen (secondary N) is 3. The number of likely N-dealkylation sites (tertiary alicyclic amines) is 1. The van der Waals surface area contributed by atoms with Crippen molar-refractivity contribution < 1.29 is 46.2 Å². The van der Waals surface area contributed by atoms with E-state index in [-0.39, 0.29) is 19.4 Å². The lowest BCUT2D eigenvalue weighted by Crippen LogP contribution is -2.60. The Balaban J connectivity index is 1.34. The van der Waals surface area contributed by atoms with Gasteiger partial charge in [0.1, 0.15) is 48.5 Å². The SMILES string of the molecule is C=C[C@@H]1C[C@]1(NC(=O)C1CC(Oc2cc(-c3ccccc3)nc3cc(OC)ccc23)CN1C(=O)[C@@H](NC(=O)OCCF)C(C)(C)C)C(=O)NS(=O)(=O)C1CC1. The molecule has 3 aromatic rings. The number of sulfonamides is 1. The maximum absolute atomic E-state index is 14.5. The Hall–Kier alpha value is -5.25. The second-order valence-corrected chi connectivity index (χ2v) is 17.1. The van der Waals surface area contributed by atoms with Crippen LogP contribution in [-0.2, 0) is 29.1 Å². The molecule has 0 bridgehead atoms. The van der Waals surface area contributed by atoms with E-state index < -0.39 is 87.4 Å². The summed E-state index contributed by atoms with van der Waals surface area (Å²) in [4.78, 5) is 61.1. The van der Waals surface area contributed by atoms with E-state index in [1.54, 1.807) is 52.1 Å². The number of hydrogen-bond donors (Lipinski definition) is 3. The van der Waals surface area contributed by atoms with Gasteiger partial charge >= 0.3 is 6.09 Å². The van der Waals surface area contributed by atoms with Crippen molar-refractivity contribution in [1.29, 1.82) is 0 Å². The number of methoxy groups -OCH3 is 1. The van der Waals surface area contributed by atoms with Crippen molar-refractivity contribution in [2.45, 2.75) is 75.4 Å². The van der Waals surface area contributed by atoms with Crippen LogP contribution < -0.4 is 24.8 Å². The molecule has 4 amide bonds. The van der Waals surface area contributed by atoms with Crippen molar-refractivity contribution in [2.75, 3.05) is 26.9 Å². The number of alkyl carbamates (subject to hydrolysis) is 1. The predicted octanol–water partition coefficient (Wildman–Crippen LogP) is 4.04. The molecule has 0 radical (unpaired) electrons. The topological polar surface area (TPSA) is 182 Å². The predicted molar refractivity (Wildman–Crippen MR) is 201 cm³/mol. The van der Waals surface area contributed by atoms with Crippen LogP contribution in [0.2, 0.25) is 0 Å². The molecule has 0 spiro atoms. The molecule has 1 aliphatic heterocycles. The van der Waals surface area contributed by atoms with Crippen LogP contribution in [0.15, 0.2) is 67.3 Å². The number of aromatic nitrogens is 1. The van der Waals surface area contributed by atoms with Gasteiger partial charge in [-0.3, -0.25) is 19.1 Å². The van der Waals surface area contributed by atoms with Crippen LogP contribution in [0, 0.1) is 11.3 Å². The minimum atomic E-state index is -3.93. The molecule has 3 aliphatic rings. The first-order chi connectivity index (χ1) is 26.1. The first-order valence-corrected chi connectivity index (χ1v) is 19.7. The Morgan fingerprint density at radius 1 is 1.11 bits per heavy atom. The molecule has 294 valence electrons. The number of rotatable bonds is 14. The molecule has 55 heavy (non-hydrogen) atoms. The summed E-state index contributed by atoms with van der Waals surface area (Å²) in [5.41, 5.74) is -0.488. The monoisotopic (exact) mass is 779 g/mol. The fourth-order valence-electron chi connectivity index (χ4n) is 6.84. The zero-order valence-electron chi connectivity index (χ0n) is 31.2. The number of amides is 4. The maximum atomic E-state index is 14.5. The third-order valence-electron chi connectivity index (χ3n) is 10.1. The minimum Gasteiger partial charge on any atom is -0.497 e. The van der Waals surface area contributed by atoms with E-state index in [2.05, 4.69) is 21.9 Å². The van der Waals surface area contributed by atoms with Crippen LogP contribution in [0.25, 0.3) is 22.2 Å². The quantitative estimate of drug-likeness (QED) is 0.202. The Morgan fingerprint density at radius 3 is 2.45 bits per heavy atom.